The molecule has 2 rings (SSSR count). The lowest BCUT2D eigenvalue weighted by Crippen LogP contribution is -2.35. The monoisotopic (exact) mass is 283 g/mol. The molecule has 1 amide bonds. The number of aromatic nitrogens is 1. The number of aryl methyl sites for hydroxylation is 2. The lowest BCUT2D eigenvalue weighted by molar-refractivity contribution is -0.117. The molecule has 0 unspecified atom stereocenters. The average molecular weight is 283 g/mol. The van der Waals surface area contributed by atoms with Crippen LogP contribution in [-0.2, 0) is 17.6 Å². The van der Waals surface area contributed by atoms with Gasteiger partial charge in [-0.25, -0.2) is 4.98 Å². The Hall–Kier alpha value is -0.980. The lowest BCUT2D eigenvalue weighted by atomic mass is 10.0. The first-order valence-corrected chi connectivity index (χ1v) is 7.66. The molecule has 0 radical (unpaired) electrons. The van der Waals surface area contributed by atoms with Gasteiger partial charge in [0, 0.05) is 11.4 Å². The number of thiazole rings is 1. The second kappa shape index (κ2) is 6.98. The topological polar surface area (TPSA) is 65.5 Å². The summed E-state index contributed by atoms with van der Waals surface area (Å²) in [5.74, 6) is -0.0543. The third-order valence-electron chi connectivity index (χ3n) is 3.32. The third-order valence-corrected chi connectivity index (χ3v) is 4.40. The van der Waals surface area contributed by atoms with Crippen molar-refractivity contribution in [1.82, 2.24) is 9.88 Å². The van der Waals surface area contributed by atoms with Crippen LogP contribution in [0.2, 0.25) is 0 Å². The molecule has 6 heteroatoms. The zero-order chi connectivity index (χ0) is 13.7. The fourth-order valence-electron chi connectivity index (χ4n) is 2.26. The first-order valence-electron chi connectivity index (χ1n) is 6.84. The van der Waals surface area contributed by atoms with Gasteiger partial charge in [-0.15, -0.1) is 11.3 Å². The molecule has 0 fully saturated rings. The molecule has 1 aliphatic rings. The van der Waals surface area contributed by atoms with Crippen LogP contribution in [0.5, 0.6) is 0 Å². The van der Waals surface area contributed by atoms with Crippen molar-refractivity contribution in [3.05, 3.63) is 10.6 Å². The minimum absolute atomic E-state index is 0.0543. The summed E-state index contributed by atoms with van der Waals surface area (Å²) in [6, 6.07) is 0. The van der Waals surface area contributed by atoms with Crippen molar-refractivity contribution in [3.8, 4) is 0 Å². The van der Waals surface area contributed by atoms with E-state index in [9.17, 15) is 4.79 Å². The van der Waals surface area contributed by atoms with E-state index in [-0.39, 0.29) is 12.5 Å². The highest BCUT2D eigenvalue weighted by atomic mass is 32.1. The van der Waals surface area contributed by atoms with Crippen LogP contribution in [0.4, 0.5) is 5.13 Å². The molecule has 5 nitrogen and oxygen atoms in total. The van der Waals surface area contributed by atoms with E-state index in [1.807, 2.05) is 11.8 Å². The molecular formula is C13H21N3O2S. The highest BCUT2D eigenvalue weighted by molar-refractivity contribution is 7.15. The molecular weight excluding hydrogens is 262 g/mol. The molecule has 1 aliphatic carbocycles. The first-order chi connectivity index (χ1) is 9.22. The molecule has 0 aromatic carbocycles. The van der Waals surface area contributed by atoms with Crippen molar-refractivity contribution >= 4 is 22.4 Å². The van der Waals surface area contributed by atoms with E-state index in [4.69, 9.17) is 5.11 Å². The van der Waals surface area contributed by atoms with Crippen molar-refractivity contribution in [3.63, 3.8) is 0 Å². The van der Waals surface area contributed by atoms with E-state index in [1.165, 1.54) is 17.7 Å². The Bertz CT molecular complexity index is 410. The number of likely N-dealkylation sites (N-methyl/N-ethyl adjacent to an activating group) is 1. The Balaban J connectivity index is 1.89. The number of carbonyl (C=O) groups excluding carboxylic acids is 1. The standard InChI is InChI=1S/C13H21N3O2S/c1-2-16(7-8-17)9-12(18)15-13-14-10-5-3-4-6-11(10)19-13/h17H,2-9H2,1H3,(H,14,15,18). The molecule has 19 heavy (non-hydrogen) atoms. The summed E-state index contributed by atoms with van der Waals surface area (Å²) in [7, 11) is 0. The summed E-state index contributed by atoms with van der Waals surface area (Å²) in [6.45, 7) is 3.64. The number of fused-ring (bicyclic) bond motifs is 1. The smallest absolute Gasteiger partial charge is 0.240 e. The van der Waals surface area contributed by atoms with E-state index in [0.29, 0.717) is 13.1 Å². The Morgan fingerprint density at radius 3 is 2.95 bits per heavy atom. The molecule has 0 spiro atoms. The Morgan fingerprint density at radius 1 is 1.47 bits per heavy atom. The largest absolute Gasteiger partial charge is 0.395 e. The van der Waals surface area contributed by atoms with Crippen LogP contribution < -0.4 is 5.32 Å². The van der Waals surface area contributed by atoms with Gasteiger partial charge in [-0.3, -0.25) is 9.69 Å². The second-order valence-electron chi connectivity index (χ2n) is 4.74. The molecule has 1 aromatic rings. The number of rotatable bonds is 6. The number of aliphatic hydroxyl groups is 1. The number of hydrogen-bond acceptors (Lipinski definition) is 5. The SMILES string of the molecule is CCN(CCO)CC(=O)Nc1nc2c(s1)CCCC2. The van der Waals surface area contributed by atoms with Crippen LogP contribution in [0, 0.1) is 0 Å². The van der Waals surface area contributed by atoms with Gasteiger partial charge < -0.3 is 10.4 Å². The summed E-state index contributed by atoms with van der Waals surface area (Å²) < 4.78 is 0. The second-order valence-corrected chi connectivity index (χ2v) is 5.82. The van der Waals surface area contributed by atoms with Gasteiger partial charge in [-0.1, -0.05) is 6.92 Å². The molecule has 0 saturated carbocycles. The van der Waals surface area contributed by atoms with E-state index in [2.05, 4.69) is 10.3 Å². The predicted molar refractivity (Wildman–Crippen MR) is 76.6 cm³/mol. The maximum Gasteiger partial charge on any atom is 0.240 e. The summed E-state index contributed by atoms with van der Waals surface area (Å²) >= 11 is 1.60. The van der Waals surface area contributed by atoms with Gasteiger partial charge in [0.1, 0.15) is 0 Å². The molecule has 2 N–H and O–H groups in total. The molecule has 0 bridgehead atoms. The normalized spacial score (nSPS) is 14.5. The highest BCUT2D eigenvalue weighted by Gasteiger charge is 2.17. The Kier molecular flexibility index (Phi) is 5.30. The Labute approximate surface area is 117 Å². The van der Waals surface area contributed by atoms with Crippen LogP contribution in [0.15, 0.2) is 0 Å². The number of aliphatic hydroxyl groups excluding tert-OH is 1. The van der Waals surface area contributed by atoms with Gasteiger partial charge in [0.05, 0.1) is 18.8 Å². The van der Waals surface area contributed by atoms with Crippen LogP contribution in [0.25, 0.3) is 0 Å². The van der Waals surface area contributed by atoms with Crippen molar-refractivity contribution in [1.29, 1.82) is 0 Å². The minimum Gasteiger partial charge on any atom is -0.395 e. The van der Waals surface area contributed by atoms with Gasteiger partial charge in [-0.05, 0) is 32.2 Å². The molecule has 0 aliphatic heterocycles. The molecule has 1 aromatic heterocycles. The highest BCUT2D eigenvalue weighted by Crippen LogP contribution is 2.29. The van der Waals surface area contributed by atoms with Crippen LogP contribution in [-0.4, -0.2) is 47.1 Å². The first kappa shape index (κ1) is 14.4. The number of anilines is 1. The fraction of sp³-hybridized carbons (Fsp3) is 0.692. The van der Waals surface area contributed by atoms with Crippen LogP contribution >= 0.6 is 11.3 Å². The zero-order valence-electron chi connectivity index (χ0n) is 11.3. The molecule has 0 saturated heterocycles. The summed E-state index contributed by atoms with van der Waals surface area (Å²) in [5.41, 5.74) is 1.16. The van der Waals surface area contributed by atoms with Crippen molar-refractivity contribution in [2.45, 2.75) is 32.6 Å². The number of amides is 1. The van der Waals surface area contributed by atoms with Crippen molar-refractivity contribution in [2.75, 3.05) is 31.6 Å². The molecule has 0 atom stereocenters. The van der Waals surface area contributed by atoms with Gasteiger partial charge in [0.2, 0.25) is 5.91 Å². The van der Waals surface area contributed by atoms with E-state index >= 15 is 0 Å². The summed E-state index contributed by atoms with van der Waals surface area (Å²) in [4.78, 5) is 19.6. The van der Waals surface area contributed by atoms with Gasteiger partial charge in [-0.2, -0.15) is 0 Å². The maximum atomic E-state index is 11.9. The van der Waals surface area contributed by atoms with E-state index in [1.54, 1.807) is 11.3 Å². The zero-order valence-corrected chi connectivity index (χ0v) is 12.1. The molecule has 106 valence electrons. The van der Waals surface area contributed by atoms with Crippen molar-refractivity contribution in [2.24, 2.45) is 0 Å². The summed E-state index contributed by atoms with van der Waals surface area (Å²) in [5, 5.41) is 12.5. The fourth-order valence-corrected chi connectivity index (χ4v) is 3.32. The lowest BCUT2D eigenvalue weighted by Gasteiger charge is -2.17. The predicted octanol–water partition coefficient (Wildman–Crippen LogP) is 1.27. The Morgan fingerprint density at radius 2 is 2.26 bits per heavy atom. The number of nitrogens with one attached hydrogen (secondary N) is 1. The van der Waals surface area contributed by atoms with E-state index in [0.717, 1.165) is 30.2 Å². The third kappa shape index (κ3) is 3.99. The number of hydrogen-bond donors (Lipinski definition) is 2. The van der Waals surface area contributed by atoms with E-state index < -0.39 is 0 Å². The molecule has 1 heterocycles. The van der Waals surface area contributed by atoms with Gasteiger partial charge >= 0.3 is 0 Å². The number of nitrogens with zero attached hydrogens (tertiary/aromatic N) is 2. The quantitative estimate of drug-likeness (QED) is 0.825. The van der Waals surface area contributed by atoms with Crippen molar-refractivity contribution < 1.29 is 9.90 Å². The number of carbonyl (C=O) groups is 1. The van der Waals surface area contributed by atoms with Crippen LogP contribution in [0.3, 0.4) is 0 Å². The van der Waals surface area contributed by atoms with Gasteiger partial charge in [0.25, 0.3) is 0 Å². The van der Waals surface area contributed by atoms with Gasteiger partial charge in [0.15, 0.2) is 5.13 Å². The summed E-state index contributed by atoms with van der Waals surface area (Å²) in [6.07, 6.45) is 4.55. The minimum atomic E-state index is -0.0543. The average Bonchev–Trinajstić information content (AvgIpc) is 2.80. The van der Waals surface area contributed by atoms with Crippen LogP contribution in [0.1, 0.15) is 30.3 Å². The maximum absolute atomic E-state index is 11.9.